The van der Waals surface area contributed by atoms with Gasteiger partial charge in [0.2, 0.25) is 0 Å². The molecule has 0 N–H and O–H groups in total. The van der Waals surface area contributed by atoms with E-state index in [4.69, 9.17) is 9.47 Å². The SMILES string of the molecule is CCCCCC/C=C\COC(=O)CCCN(CCCC(=O)OC(CCCCCCC)CCCCCCCC)C(=O)SCCC. The number of esters is 2. The van der Waals surface area contributed by atoms with Crippen LogP contribution in [0.3, 0.4) is 0 Å². The molecule has 0 saturated carbocycles. The number of hydrogen-bond donors (Lipinski definition) is 0. The first-order valence-electron chi connectivity index (χ1n) is 18.4. The first-order valence-corrected chi connectivity index (χ1v) is 19.4. The second kappa shape index (κ2) is 32.9. The van der Waals surface area contributed by atoms with Gasteiger partial charge in [0.25, 0.3) is 5.24 Å². The summed E-state index contributed by atoms with van der Waals surface area (Å²) in [5, 5.41) is 0.0209. The molecule has 258 valence electrons. The number of amides is 1. The fourth-order valence-electron chi connectivity index (χ4n) is 5.13. The molecule has 44 heavy (non-hydrogen) atoms. The van der Waals surface area contributed by atoms with Crippen molar-refractivity contribution in [3.8, 4) is 0 Å². The predicted molar refractivity (Wildman–Crippen MR) is 188 cm³/mol. The zero-order valence-corrected chi connectivity index (χ0v) is 30.0. The van der Waals surface area contributed by atoms with Crippen LogP contribution in [0.5, 0.6) is 0 Å². The average Bonchev–Trinajstić information content (AvgIpc) is 3.01. The van der Waals surface area contributed by atoms with E-state index in [-0.39, 0.29) is 29.7 Å². The molecule has 1 atom stereocenters. The first kappa shape index (κ1) is 42.5. The highest BCUT2D eigenvalue weighted by Crippen LogP contribution is 2.18. The fraction of sp³-hybridized carbons (Fsp3) is 0.865. The van der Waals surface area contributed by atoms with Crippen molar-refractivity contribution in [2.45, 2.75) is 181 Å². The number of carbonyl (C=O) groups excluding carboxylic acids is 3. The summed E-state index contributed by atoms with van der Waals surface area (Å²) in [7, 11) is 0. The maximum atomic E-state index is 12.8. The minimum Gasteiger partial charge on any atom is -0.462 e. The van der Waals surface area contributed by atoms with Crippen LogP contribution >= 0.6 is 11.8 Å². The Hall–Kier alpha value is -1.50. The molecule has 7 heteroatoms. The monoisotopic (exact) mass is 639 g/mol. The first-order chi connectivity index (χ1) is 21.5. The lowest BCUT2D eigenvalue weighted by molar-refractivity contribution is -0.150. The molecular weight excluding hydrogens is 570 g/mol. The molecule has 6 nitrogen and oxygen atoms in total. The van der Waals surface area contributed by atoms with Gasteiger partial charge in [-0.3, -0.25) is 14.4 Å². The highest BCUT2D eigenvalue weighted by molar-refractivity contribution is 8.13. The number of ether oxygens (including phenoxy) is 2. The molecule has 1 amide bonds. The summed E-state index contributed by atoms with van der Waals surface area (Å²) in [6, 6.07) is 0. The Balaban J connectivity index is 4.59. The van der Waals surface area contributed by atoms with Gasteiger partial charge in [-0.1, -0.05) is 129 Å². The zero-order chi connectivity index (χ0) is 32.5. The summed E-state index contributed by atoms with van der Waals surface area (Å²) in [5.41, 5.74) is 0. The minimum atomic E-state index is -0.232. The highest BCUT2D eigenvalue weighted by atomic mass is 32.2. The third-order valence-corrected chi connectivity index (χ3v) is 8.96. The van der Waals surface area contributed by atoms with Crippen LogP contribution in [0.4, 0.5) is 4.79 Å². The molecule has 0 heterocycles. The number of carbonyl (C=O) groups is 3. The van der Waals surface area contributed by atoms with E-state index in [2.05, 4.69) is 33.8 Å². The Labute approximate surface area is 276 Å². The summed E-state index contributed by atoms with van der Waals surface area (Å²) in [6.45, 7) is 10.0. The van der Waals surface area contributed by atoms with Crippen molar-refractivity contribution in [1.82, 2.24) is 4.90 Å². The molecule has 1 unspecified atom stereocenters. The second-order valence-corrected chi connectivity index (χ2v) is 13.2. The van der Waals surface area contributed by atoms with Crippen LogP contribution in [0.1, 0.15) is 175 Å². The summed E-state index contributed by atoms with van der Waals surface area (Å²) in [6.07, 6.45) is 28.0. The van der Waals surface area contributed by atoms with Crippen molar-refractivity contribution >= 4 is 28.9 Å². The number of nitrogens with zero attached hydrogens (tertiary/aromatic N) is 1. The number of allylic oxidation sites excluding steroid dienone is 1. The van der Waals surface area contributed by atoms with E-state index in [1.807, 2.05) is 6.08 Å². The largest absolute Gasteiger partial charge is 0.462 e. The lowest BCUT2D eigenvalue weighted by atomic mass is 10.0. The quantitative estimate of drug-likeness (QED) is 0.0427. The maximum absolute atomic E-state index is 12.8. The van der Waals surface area contributed by atoms with Gasteiger partial charge in [0, 0.05) is 31.7 Å². The van der Waals surface area contributed by atoms with Gasteiger partial charge in [0.1, 0.15) is 12.7 Å². The van der Waals surface area contributed by atoms with Gasteiger partial charge in [-0.05, 0) is 57.8 Å². The Morgan fingerprint density at radius 2 is 1.14 bits per heavy atom. The van der Waals surface area contributed by atoms with E-state index < -0.39 is 0 Å². The van der Waals surface area contributed by atoms with E-state index in [1.54, 1.807) is 4.90 Å². The van der Waals surface area contributed by atoms with E-state index in [0.717, 1.165) is 44.3 Å². The Morgan fingerprint density at radius 1 is 0.614 bits per heavy atom. The van der Waals surface area contributed by atoms with Crippen LogP contribution < -0.4 is 0 Å². The summed E-state index contributed by atoms with van der Waals surface area (Å²) in [5.74, 6) is 0.386. The summed E-state index contributed by atoms with van der Waals surface area (Å²) in [4.78, 5) is 39.6. The zero-order valence-electron chi connectivity index (χ0n) is 29.2. The van der Waals surface area contributed by atoms with Crippen molar-refractivity contribution < 1.29 is 23.9 Å². The van der Waals surface area contributed by atoms with Crippen LogP contribution in [0.25, 0.3) is 0 Å². The Kier molecular flexibility index (Phi) is 31.8. The van der Waals surface area contributed by atoms with Gasteiger partial charge in [-0.15, -0.1) is 0 Å². The lowest BCUT2D eigenvalue weighted by Gasteiger charge is -2.22. The number of rotatable bonds is 31. The Bertz CT molecular complexity index is 714. The van der Waals surface area contributed by atoms with Crippen molar-refractivity contribution in [3.05, 3.63) is 12.2 Å². The molecule has 0 rings (SSSR count). The van der Waals surface area contributed by atoms with E-state index >= 15 is 0 Å². The second-order valence-electron chi connectivity index (χ2n) is 12.2. The van der Waals surface area contributed by atoms with Gasteiger partial charge >= 0.3 is 11.9 Å². The lowest BCUT2D eigenvalue weighted by Crippen LogP contribution is -2.31. The van der Waals surface area contributed by atoms with Crippen molar-refractivity contribution in [3.63, 3.8) is 0 Å². The average molecular weight is 640 g/mol. The molecule has 0 radical (unpaired) electrons. The molecule has 0 spiro atoms. The van der Waals surface area contributed by atoms with Crippen LogP contribution in [0, 0.1) is 0 Å². The number of hydrogen-bond acceptors (Lipinski definition) is 6. The normalized spacial score (nSPS) is 12.0. The van der Waals surface area contributed by atoms with Crippen LogP contribution in [0.2, 0.25) is 0 Å². The predicted octanol–water partition coefficient (Wildman–Crippen LogP) is 11.2. The van der Waals surface area contributed by atoms with Crippen LogP contribution in [0.15, 0.2) is 12.2 Å². The molecule has 0 aliphatic carbocycles. The fourth-order valence-corrected chi connectivity index (χ4v) is 5.87. The maximum Gasteiger partial charge on any atom is 0.306 e. The smallest absolute Gasteiger partial charge is 0.306 e. The van der Waals surface area contributed by atoms with Crippen LogP contribution in [-0.2, 0) is 19.1 Å². The van der Waals surface area contributed by atoms with Gasteiger partial charge in [-0.25, -0.2) is 0 Å². The molecule has 0 saturated heterocycles. The third-order valence-electron chi connectivity index (χ3n) is 7.84. The van der Waals surface area contributed by atoms with Crippen molar-refractivity contribution in [2.75, 3.05) is 25.4 Å². The topological polar surface area (TPSA) is 72.9 Å². The van der Waals surface area contributed by atoms with Crippen LogP contribution in [-0.4, -0.2) is 53.6 Å². The molecular formula is C37H69NO5S. The van der Waals surface area contributed by atoms with Gasteiger partial charge in [0.05, 0.1) is 0 Å². The van der Waals surface area contributed by atoms with Gasteiger partial charge < -0.3 is 14.4 Å². The summed E-state index contributed by atoms with van der Waals surface area (Å²) < 4.78 is 11.3. The minimum absolute atomic E-state index is 0.00932. The molecule has 0 aliphatic rings. The highest BCUT2D eigenvalue weighted by Gasteiger charge is 2.18. The molecule has 0 aromatic carbocycles. The van der Waals surface area contributed by atoms with Gasteiger partial charge in [-0.2, -0.15) is 0 Å². The van der Waals surface area contributed by atoms with E-state index in [0.29, 0.717) is 39.0 Å². The number of unbranched alkanes of at least 4 members (excludes halogenated alkanes) is 13. The Morgan fingerprint density at radius 3 is 1.70 bits per heavy atom. The molecule has 0 aliphatic heterocycles. The number of thioether (sulfide) groups is 1. The summed E-state index contributed by atoms with van der Waals surface area (Å²) >= 11 is 1.32. The molecule has 0 fully saturated rings. The van der Waals surface area contributed by atoms with Crippen molar-refractivity contribution in [2.24, 2.45) is 0 Å². The molecule has 0 aromatic heterocycles. The standard InChI is InChI=1S/C37H69NO5S/c1-5-9-12-15-17-20-23-32-42-35(39)28-24-30-38(37(41)44-33-8-4)31-25-29-36(40)43-34(26-21-18-14-11-7-3)27-22-19-16-13-10-6-2/h20,23,34H,5-19,21-22,24-33H2,1-4H3/b23-20-. The third kappa shape index (κ3) is 28.0. The van der Waals surface area contributed by atoms with Crippen molar-refractivity contribution in [1.29, 1.82) is 0 Å². The van der Waals surface area contributed by atoms with Gasteiger partial charge in [0.15, 0.2) is 0 Å². The molecule has 0 bridgehead atoms. The molecule has 0 aromatic rings. The van der Waals surface area contributed by atoms with E-state index in [9.17, 15) is 14.4 Å². The van der Waals surface area contributed by atoms with E-state index in [1.165, 1.54) is 95.2 Å².